The molecule has 0 saturated heterocycles. The molecule has 0 spiro atoms. The van der Waals surface area contributed by atoms with Crippen molar-refractivity contribution in [1.29, 1.82) is 0 Å². The number of aromatic nitrogens is 2. The molecule has 0 saturated carbocycles. The van der Waals surface area contributed by atoms with E-state index >= 15 is 0 Å². The normalized spacial score (nSPS) is 12.1. The Morgan fingerprint density at radius 2 is 2.08 bits per heavy atom. The molecule has 4 rings (SSSR count). The Labute approximate surface area is 150 Å². The van der Waals surface area contributed by atoms with E-state index in [2.05, 4.69) is 10.4 Å². The third kappa shape index (κ3) is 3.18. The summed E-state index contributed by atoms with van der Waals surface area (Å²) in [5.74, 6) is 0.358. The maximum absolute atomic E-state index is 12.9. The molecule has 3 aromatic rings. The highest BCUT2D eigenvalue weighted by Crippen LogP contribution is 2.37. The predicted octanol–water partition coefficient (Wildman–Crippen LogP) is 3.21. The zero-order valence-electron chi connectivity index (χ0n) is 14.3. The maximum Gasteiger partial charge on any atom is 0.242 e. The summed E-state index contributed by atoms with van der Waals surface area (Å²) in [6, 6.07) is 12.1. The van der Waals surface area contributed by atoms with Crippen molar-refractivity contribution in [2.75, 3.05) is 0 Å². The monoisotopic (exact) mass is 351 g/mol. The minimum absolute atomic E-state index is 0.115. The van der Waals surface area contributed by atoms with Gasteiger partial charge in [-0.2, -0.15) is 5.10 Å². The standard InChI is InChI=1S/C20H18FN3O2/c1-13-2-7-18-17(8-13)20-15(12-26-18)10-23-24(20)11-19(25)22-9-14-3-5-16(21)6-4-14/h2-8,10H,9,11-12H2,1H3,(H,22,25). The molecule has 1 amide bonds. The van der Waals surface area contributed by atoms with Gasteiger partial charge in [0.25, 0.3) is 0 Å². The van der Waals surface area contributed by atoms with Crippen molar-refractivity contribution in [3.8, 4) is 17.0 Å². The average molecular weight is 351 g/mol. The largest absolute Gasteiger partial charge is 0.488 e. The van der Waals surface area contributed by atoms with E-state index in [1.807, 2.05) is 25.1 Å². The van der Waals surface area contributed by atoms with Crippen LogP contribution in [0.1, 0.15) is 16.7 Å². The fourth-order valence-electron chi connectivity index (χ4n) is 3.07. The van der Waals surface area contributed by atoms with Gasteiger partial charge in [0.1, 0.15) is 24.7 Å². The molecule has 2 heterocycles. The van der Waals surface area contributed by atoms with E-state index in [1.165, 1.54) is 12.1 Å². The smallest absolute Gasteiger partial charge is 0.242 e. The van der Waals surface area contributed by atoms with E-state index in [4.69, 9.17) is 4.74 Å². The average Bonchev–Trinajstić information content (AvgIpc) is 3.04. The number of hydrogen-bond acceptors (Lipinski definition) is 3. The zero-order chi connectivity index (χ0) is 18.1. The second kappa shape index (κ2) is 6.63. The van der Waals surface area contributed by atoms with Crippen LogP contribution in [0.4, 0.5) is 4.39 Å². The van der Waals surface area contributed by atoms with Crippen LogP contribution < -0.4 is 10.1 Å². The molecule has 0 aliphatic carbocycles. The molecule has 5 nitrogen and oxygen atoms in total. The Bertz CT molecular complexity index is 964. The number of nitrogens with one attached hydrogen (secondary N) is 1. The summed E-state index contributed by atoms with van der Waals surface area (Å²) in [7, 11) is 0. The molecule has 6 heteroatoms. The van der Waals surface area contributed by atoms with Gasteiger partial charge in [0.05, 0.1) is 11.9 Å². The van der Waals surface area contributed by atoms with Gasteiger partial charge >= 0.3 is 0 Å². The molecule has 26 heavy (non-hydrogen) atoms. The van der Waals surface area contributed by atoms with E-state index < -0.39 is 0 Å². The number of carbonyl (C=O) groups is 1. The highest BCUT2D eigenvalue weighted by atomic mass is 19.1. The summed E-state index contributed by atoms with van der Waals surface area (Å²) in [5, 5.41) is 7.20. The van der Waals surface area contributed by atoms with Crippen molar-refractivity contribution in [1.82, 2.24) is 15.1 Å². The Hall–Kier alpha value is -3.15. The molecular formula is C20H18FN3O2. The molecule has 0 radical (unpaired) electrons. The molecule has 1 aliphatic rings. The minimum atomic E-state index is -0.292. The number of fused-ring (bicyclic) bond motifs is 3. The first-order valence-corrected chi connectivity index (χ1v) is 8.40. The van der Waals surface area contributed by atoms with Gasteiger partial charge in [0.2, 0.25) is 5.91 Å². The summed E-state index contributed by atoms with van der Waals surface area (Å²) in [5.41, 5.74) is 4.81. The molecule has 0 unspecified atom stereocenters. The van der Waals surface area contributed by atoms with Crippen LogP contribution in [-0.4, -0.2) is 15.7 Å². The van der Waals surface area contributed by atoms with Crippen LogP contribution in [-0.2, 0) is 24.5 Å². The summed E-state index contributed by atoms with van der Waals surface area (Å²) in [6.45, 7) is 2.93. The van der Waals surface area contributed by atoms with Crippen molar-refractivity contribution in [3.05, 3.63) is 71.2 Å². The number of benzene rings is 2. The van der Waals surface area contributed by atoms with Crippen molar-refractivity contribution in [2.24, 2.45) is 0 Å². The van der Waals surface area contributed by atoms with E-state index in [0.29, 0.717) is 13.2 Å². The highest BCUT2D eigenvalue weighted by molar-refractivity contribution is 5.78. The Morgan fingerprint density at radius 3 is 2.88 bits per heavy atom. The predicted molar refractivity (Wildman–Crippen MR) is 95.0 cm³/mol. The number of amides is 1. The molecule has 0 fully saturated rings. The number of rotatable bonds is 4. The van der Waals surface area contributed by atoms with Gasteiger partial charge in [-0.1, -0.05) is 23.8 Å². The van der Waals surface area contributed by atoms with Crippen LogP contribution in [0, 0.1) is 12.7 Å². The first kappa shape index (κ1) is 16.3. The number of nitrogens with zero attached hydrogens (tertiary/aromatic N) is 2. The molecule has 0 bridgehead atoms. The second-order valence-electron chi connectivity index (χ2n) is 6.37. The second-order valence-corrected chi connectivity index (χ2v) is 6.37. The van der Waals surface area contributed by atoms with Crippen molar-refractivity contribution in [2.45, 2.75) is 26.6 Å². The maximum atomic E-state index is 12.9. The van der Waals surface area contributed by atoms with E-state index in [0.717, 1.165) is 33.7 Å². The molecule has 1 N–H and O–H groups in total. The SMILES string of the molecule is Cc1ccc2c(c1)-c1c(cnn1CC(=O)NCc1ccc(F)cc1)CO2. The fourth-order valence-corrected chi connectivity index (χ4v) is 3.07. The van der Waals surface area contributed by atoms with Crippen LogP contribution in [0.3, 0.4) is 0 Å². The summed E-state index contributed by atoms with van der Waals surface area (Å²) in [4.78, 5) is 12.3. The van der Waals surface area contributed by atoms with Gasteiger partial charge in [0.15, 0.2) is 0 Å². The Kier molecular flexibility index (Phi) is 4.16. The summed E-state index contributed by atoms with van der Waals surface area (Å²) in [6.07, 6.45) is 1.74. The molecule has 1 aromatic heterocycles. The van der Waals surface area contributed by atoms with E-state index in [-0.39, 0.29) is 18.3 Å². The third-order valence-corrected chi connectivity index (χ3v) is 4.38. The number of aryl methyl sites for hydroxylation is 1. The first-order chi connectivity index (χ1) is 12.6. The lowest BCUT2D eigenvalue weighted by Gasteiger charge is -2.19. The quantitative estimate of drug-likeness (QED) is 0.785. The topological polar surface area (TPSA) is 56.2 Å². The van der Waals surface area contributed by atoms with E-state index in [9.17, 15) is 9.18 Å². The van der Waals surface area contributed by atoms with Crippen LogP contribution >= 0.6 is 0 Å². The van der Waals surface area contributed by atoms with Crippen LogP contribution in [0.2, 0.25) is 0 Å². The minimum Gasteiger partial charge on any atom is -0.488 e. The lowest BCUT2D eigenvalue weighted by molar-refractivity contribution is -0.122. The van der Waals surface area contributed by atoms with Crippen LogP contribution in [0.25, 0.3) is 11.3 Å². The van der Waals surface area contributed by atoms with Gasteiger partial charge in [-0.25, -0.2) is 4.39 Å². The van der Waals surface area contributed by atoms with Gasteiger partial charge in [-0.3, -0.25) is 9.48 Å². The molecule has 0 atom stereocenters. The zero-order valence-corrected chi connectivity index (χ0v) is 14.3. The van der Waals surface area contributed by atoms with Crippen molar-refractivity contribution >= 4 is 5.91 Å². The summed E-state index contributed by atoms with van der Waals surface area (Å²) < 4.78 is 20.4. The highest BCUT2D eigenvalue weighted by Gasteiger charge is 2.23. The molecule has 2 aromatic carbocycles. The molecular weight excluding hydrogens is 333 g/mol. The van der Waals surface area contributed by atoms with Crippen molar-refractivity contribution < 1.29 is 13.9 Å². The number of carbonyl (C=O) groups excluding carboxylic acids is 1. The summed E-state index contributed by atoms with van der Waals surface area (Å²) >= 11 is 0. The van der Waals surface area contributed by atoms with Gasteiger partial charge in [-0.15, -0.1) is 0 Å². The molecule has 1 aliphatic heterocycles. The lowest BCUT2D eigenvalue weighted by atomic mass is 10.0. The van der Waals surface area contributed by atoms with Crippen LogP contribution in [0.15, 0.2) is 48.7 Å². The Morgan fingerprint density at radius 1 is 1.27 bits per heavy atom. The fraction of sp³-hybridized carbons (Fsp3) is 0.200. The van der Waals surface area contributed by atoms with Gasteiger partial charge < -0.3 is 10.1 Å². The van der Waals surface area contributed by atoms with Gasteiger partial charge in [-0.05, 0) is 36.8 Å². The molecule has 132 valence electrons. The van der Waals surface area contributed by atoms with E-state index in [1.54, 1.807) is 23.0 Å². The van der Waals surface area contributed by atoms with Gasteiger partial charge in [0, 0.05) is 17.7 Å². The number of ether oxygens (including phenoxy) is 1. The number of hydrogen-bond donors (Lipinski definition) is 1. The number of halogens is 1. The third-order valence-electron chi connectivity index (χ3n) is 4.38. The first-order valence-electron chi connectivity index (χ1n) is 8.40. The Balaban J connectivity index is 1.50. The van der Waals surface area contributed by atoms with Crippen molar-refractivity contribution in [3.63, 3.8) is 0 Å². The lowest BCUT2D eigenvalue weighted by Crippen LogP contribution is -2.28. The van der Waals surface area contributed by atoms with Crippen LogP contribution in [0.5, 0.6) is 5.75 Å².